The van der Waals surface area contributed by atoms with E-state index in [9.17, 15) is 14.0 Å². The van der Waals surface area contributed by atoms with Crippen LogP contribution in [0.15, 0.2) is 53.3 Å². The third-order valence-electron chi connectivity index (χ3n) is 4.51. The monoisotopic (exact) mass is 382 g/mol. The average Bonchev–Trinajstić information content (AvgIpc) is 2.68. The molecule has 0 fully saturated rings. The highest BCUT2D eigenvalue weighted by Gasteiger charge is 2.25. The van der Waals surface area contributed by atoms with E-state index >= 15 is 0 Å². The zero-order valence-electron chi connectivity index (χ0n) is 16.1. The molecule has 1 aromatic heterocycles. The molecule has 0 saturated carbocycles. The van der Waals surface area contributed by atoms with Gasteiger partial charge in [-0.15, -0.1) is 0 Å². The number of carbonyl (C=O) groups is 1. The summed E-state index contributed by atoms with van der Waals surface area (Å²) in [5.74, 6) is -0.148. The van der Waals surface area contributed by atoms with E-state index in [1.807, 2.05) is 32.9 Å². The Balaban J connectivity index is 1.95. The first-order valence-corrected chi connectivity index (χ1v) is 9.17. The fourth-order valence-electron chi connectivity index (χ4n) is 3.14. The molecule has 0 spiro atoms. The van der Waals surface area contributed by atoms with Gasteiger partial charge < -0.3 is 10.2 Å². The summed E-state index contributed by atoms with van der Waals surface area (Å²) in [7, 11) is 0. The molecule has 1 atom stereocenters. The number of nitrogens with one attached hydrogen (secondary N) is 2. The van der Waals surface area contributed by atoms with Crippen molar-refractivity contribution in [3.8, 4) is 0 Å². The van der Waals surface area contributed by atoms with Gasteiger partial charge >= 0.3 is 6.03 Å². The lowest BCUT2D eigenvalue weighted by molar-refractivity contribution is 0.182. The van der Waals surface area contributed by atoms with Gasteiger partial charge in [-0.2, -0.15) is 5.10 Å². The number of fused-ring (bicyclic) bond motifs is 1. The maximum absolute atomic E-state index is 13.1. The van der Waals surface area contributed by atoms with Crippen LogP contribution in [-0.4, -0.2) is 27.7 Å². The summed E-state index contributed by atoms with van der Waals surface area (Å²) in [6, 6.07) is 12.1. The van der Waals surface area contributed by atoms with Crippen LogP contribution in [0.3, 0.4) is 0 Å². The van der Waals surface area contributed by atoms with Gasteiger partial charge in [0, 0.05) is 17.6 Å². The van der Waals surface area contributed by atoms with E-state index in [2.05, 4.69) is 15.5 Å². The van der Waals surface area contributed by atoms with Gasteiger partial charge in [-0.1, -0.05) is 32.0 Å². The lowest BCUT2D eigenvalue weighted by Crippen LogP contribution is -2.40. The Morgan fingerprint density at radius 2 is 1.75 bits per heavy atom. The van der Waals surface area contributed by atoms with Gasteiger partial charge in [0.2, 0.25) is 0 Å². The molecule has 3 rings (SSSR count). The largest absolute Gasteiger partial charge is 0.322 e. The second-order valence-electron chi connectivity index (χ2n) is 7.14. The molecule has 7 heteroatoms. The normalized spacial score (nSPS) is 12.2. The number of amides is 2. The van der Waals surface area contributed by atoms with E-state index in [1.54, 1.807) is 17.0 Å². The van der Waals surface area contributed by atoms with Crippen molar-refractivity contribution in [3.63, 3.8) is 0 Å². The molecule has 146 valence electrons. The summed E-state index contributed by atoms with van der Waals surface area (Å²) in [5, 5.41) is 10.8. The quantitative estimate of drug-likeness (QED) is 0.690. The van der Waals surface area contributed by atoms with Crippen molar-refractivity contribution in [1.82, 2.24) is 15.1 Å². The standard InChI is InChI=1S/C21H23FN4O2/c1-13(2)12-26(21(28)23-16-10-8-15(22)9-11-16)14(3)19-17-6-4-5-7-18(17)20(27)25-24-19/h4-11,13-14H,12H2,1-3H3,(H,23,28)(H,25,27). The van der Waals surface area contributed by atoms with Gasteiger partial charge in [0.15, 0.2) is 0 Å². The van der Waals surface area contributed by atoms with E-state index in [-0.39, 0.29) is 29.4 Å². The second-order valence-corrected chi connectivity index (χ2v) is 7.14. The van der Waals surface area contributed by atoms with E-state index in [4.69, 9.17) is 0 Å². The molecule has 0 bridgehead atoms. The lowest BCUT2D eigenvalue weighted by Gasteiger charge is -2.31. The van der Waals surface area contributed by atoms with Crippen LogP contribution in [0.5, 0.6) is 0 Å². The molecule has 1 heterocycles. The van der Waals surface area contributed by atoms with Crippen molar-refractivity contribution in [2.45, 2.75) is 26.8 Å². The number of carbonyl (C=O) groups excluding carboxylic acids is 1. The number of benzene rings is 2. The summed E-state index contributed by atoms with van der Waals surface area (Å²) in [6.45, 7) is 6.40. The van der Waals surface area contributed by atoms with E-state index in [0.717, 1.165) is 0 Å². The zero-order chi connectivity index (χ0) is 20.3. The third kappa shape index (κ3) is 4.19. The summed E-state index contributed by atoms with van der Waals surface area (Å²) in [6.07, 6.45) is 0. The molecule has 0 saturated heterocycles. The molecule has 2 amide bonds. The Kier molecular flexibility index (Phi) is 5.73. The van der Waals surface area contributed by atoms with Crippen LogP contribution in [-0.2, 0) is 0 Å². The van der Waals surface area contributed by atoms with E-state index in [0.29, 0.717) is 28.7 Å². The number of H-pyrrole nitrogens is 1. The van der Waals surface area contributed by atoms with Crippen LogP contribution in [0.1, 0.15) is 32.5 Å². The van der Waals surface area contributed by atoms with Crippen molar-refractivity contribution >= 4 is 22.5 Å². The molecule has 6 nitrogen and oxygen atoms in total. The van der Waals surface area contributed by atoms with Crippen LogP contribution in [0.2, 0.25) is 0 Å². The van der Waals surface area contributed by atoms with Crippen LogP contribution in [0.25, 0.3) is 10.8 Å². The van der Waals surface area contributed by atoms with Crippen molar-refractivity contribution in [2.75, 3.05) is 11.9 Å². The highest BCUT2D eigenvalue weighted by molar-refractivity contribution is 5.90. The molecule has 1 unspecified atom stereocenters. The van der Waals surface area contributed by atoms with E-state index in [1.165, 1.54) is 24.3 Å². The van der Waals surface area contributed by atoms with Gasteiger partial charge in [0.25, 0.3) is 5.56 Å². The fraction of sp³-hybridized carbons (Fsp3) is 0.286. The maximum atomic E-state index is 13.1. The van der Waals surface area contributed by atoms with Gasteiger partial charge in [-0.05, 0) is 43.2 Å². The Labute approximate surface area is 162 Å². The van der Waals surface area contributed by atoms with Gasteiger partial charge in [0.1, 0.15) is 5.82 Å². The number of rotatable bonds is 5. The van der Waals surface area contributed by atoms with Crippen LogP contribution in [0, 0.1) is 11.7 Å². The van der Waals surface area contributed by atoms with Crippen LogP contribution >= 0.6 is 0 Å². The molecule has 2 N–H and O–H groups in total. The predicted molar refractivity (Wildman–Crippen MR) is 108 cm³/mol. The first-order chi connectivity index (χ1) is 13.4. The fourth-order valence-corrected chi connectivity index (χ4v) is 3.14. The second kappa shape index (κ2) is 8.21. The van der Waals surface area contributed by atoms with Gasteiger partial charge in [-0.25, -0.2) is 14.3 Å². The number of urea groups is 1. The Bertz CT molecular complexity index is 1030. The predicted octanol–water partition coefficient (Wildman–Crippen LogP) is 4.31. The maximum Gasteiger partial charge on any atom is 0.322 e. The minimum Gasteiger partial charge on any atom is -0.316 e. The molecule has 0 radical (unpaired) electrons. The number of anilines is 1. The smallest absolute Gasteiger partial charge is 0.316 e. The number of hydrogen-bond acceptors (Lipinski definition) is 3. The third-order valence-corrected chi connectivity index (χ3v) is 4.51. The molecule has 28 heavy (non-hydrogen) atoms. The highest BCUT2D eigenvalue weighted by atomic mass is 19.1. The number of halogens is 1. The average molecular weight is 382 g/mol. The van der Waals surface area contributed by atoms with Gasteiger partial charge in [0.05, 0.1) is 17.1 Å². The highest BCUT2D eigenvalue weighted by Crippen LogP contribution is 2.26. The van der Waals surface area contributed by atoms with E-state index < -0.39 is 0 Å². The van der Waals surface area contributed by atoms with Crippen molar-refractivity contribution in [3.05, 3.63) is 70.4 Å². The molecule has 0 aliphatic heterocycles. The minimum atomic E-state index is -0.385. The number of hydrogen-bond donors (Lipinski definition) is 2. The summed E-state index contributed by atoms with van der Waals surface area (Å²) in [4.78, 5) is 26.7. The SMILES string of the molecule is CC(C)CN(C(=O)Nc1ccc(F)cc1)C(C)c1n[nH]c(=O)c2ccccc12. The first kappa shape index (κ1) is 19.5. The number of nitrogens with zero attached hydrogens (tertiary/aromatic N) is 2. The first-order valence-electron chi connectivity index (χ1n) is 9.17. The Morgan fingerprint density at radius 1 is 1.11 bits per heavy atom. The molecule has 2 aromatic carbocycles. The molecular formula is C21H23FN4O2. The molecule has 0 aliphatic carbocycles. The van der Waals surface area contributed by atoms with Crippen molar-refractivity contribution in [1.29, 1.82) is 0 Å². The lowest BCUT2D eigenvalue weighted by atomic mass is 10.0. The van der Waals surface area contributed by atoms with Crippen LogP contribution < -0.4 is 10.9 Å². The van der Waals surface area contributed by atoms with Crippen LogP contribution in [0.4, 0.5) is 14.9 Å². The van der Waals surface area contributed by atoms with Crippen molar-refractivity contribution < 1.29 is 9.18 Å². The summed E-state index contributed by atoms with van der Waals surface area (Å²) < 4.78 is 13.1. The minimum absolute atomic E-state index is 0.218. The Morgan fingerprint density at radius 3 is 2.39 bits per heavy atom. The van der Waals surface area contributed by atoms with Gasteiger partial charge in [-0.3, -0.25) is 4.79 Å². The number of aromatic amines is 1. The topological polar surface area (TPSA) is 78.1 Å². The van der Waals surface area contributed by atoms with Crippen molar-refractivity contribution in [2.24, 2.45) is 5.92 Å². The molecule has 0 aliphatic rings. The number of aromatic nitrogens is 2. The zero-order valence-corrected chi connectivity index (χ0v) is 16.1. The summed E-state index contributed by atoms with van der Waals surface area (Å²) in [5.41, 5.74) is 0.856. The Hall–Kier alpha value is -3.22. The molecule has 3 aromatic rings. The summed E-state index contributed by atoms with van der Waals surface area (Å²) >= 11 is 0. The molecular weight excluding hydrogens is 359 g/mol.